The van der Waals surface area contributed by atoms with Gasteiger partial charge in [0.05, 0.1) is 5.41 Å². The van der Waals surface area contributed by atoms with Crippen LogP contribution in [-0.2, 0) is 9.59 Å². The van der Waals surface area contributed by atoms with E-state index in [1.807, 2.05) is 0 Å². The first-order valence-electron chi connectivity index (χ1n) is 7.01. The molecule has 7 heteroatoms. The van der Waals surface area contributed by atoms with Gasteiger partial charge in [-0.25, -0.2) is 4.79 Å². The molecule has 1 saturated carbocycles. The van der Waals surface area contributed by atoms with Gasteiger partial charge in [0, 0.05) is 13.5 Å². The maximum Gasteiger partial charge on any atom is 0.394 e. The van der Waals surface area contributed by atoms with Gasteiger partial charge in [-0.3, -0.25) is 4.79 Å². The number of hydrogen-bond donors (Lipinski definition) is 1. The van der Waals surface area contributed by atoms with Crippen molar-refractivity contribution in [2.24, 2.45) is 5.41 Å². The molecular weight excluding hydrogens is 287 g/mol. The summed E-state index contributed by atoms with van der Waals surface area (Å²) in [5.74, 6) is -1.91. The van der Waals surface area contributed by atoms with Crippen LogP contribution in [-0.4, -0.2) is 40.6 Å². The summed E-state index contributed by atoms with van der Waals surface area (Å²) in [7, 11) is 1.30. The molecule has 0 bridgehead atoms. The Bertz CT molecular complexity index is 412. The van der Waals surface area contributed by atoms with Crippen molar-refractivity contribution >= 4 is 11.9 Å². The van der Waals surface area contributed by atoms with Crippen LogP contribution in [0.5, 0.6) is 0 Å². The Morgan fingerprint density at radius 3 is 2.00 bits per heavy atom. The van der Waals surface area contributed by atoms with Gasteiger partial charge in [-0.1, -0.05) is 33.1 Å². The molecule has 0 aromatic heterocycles. The zero-order valence-electron chi connectivity index (χ0n) is 12.6. The molecule has 1 aliphatic carbocycles. The lowest BCUT2D eigenvalue weighted by Crippen LogP contribution is -2.57. The highest BCUT2D eigenvalue weighted by molar-refractivity contribution is 5.87. The van der Waals surface area contributed by atoms with E-state index >= 15 is 0 Å². The van der Waals surface area contributed by atoms with Crippen molar-refractivity contribution in [3.05, 3.63) is 0 Å². The summed E-state index contributed by atoms with van der Waals surface area (Å²) in [5.41, 5.74) is -3.54. The van der Waals surface area contributed by atoms with Gasteiger partial charge in [0.15, 0.2) is 0 Å². The SMILES string of the molecule is CN(C(=O)CC(C)(C)C(F)(F)F)C1(C(=O)O)CCCCC1. The summed E-state index contributed by atoms with van der Waals surface area (Å²) in [6.07, 6.45) is -2.48. The second-order valence-corrected chi connectivity index (χ2v) is 6.41. The number of carboxylic acid groups (broad SMARTS) is 1. The number of halogens is 3. The van der Waals surface area contributed by atoms with Crippen molar-refractivity contribution in [2.45, 2.75) is 64.1 Å². The van der Waals surface area contributed by atoms with E-state index in [4.69, 9.17) is 0 Å². The van der Waals surface area contributed by atoms with Crippen molar-refractivity contribution in [3.63, 3.8) is 0 Å². The summed E-state index contributed by atoms with van der Waals surface area (Å²) < 4.78 is 38.6. The minimum absolute atomic E-state index is 0.289. The first-order valence-corrected chi connectivity index (χ1v) is 7.01. The first-order chi connectivity index (χ1) is 9.44. The van der Waals surface area contributed by atoms with Gasteiger partial charge in [0.2, 0.25) is 5.91 Å². The molecule has 1 rings (SSSR count). The number of amides is 1. The van der Waals surface area contributed by atoms with E-state index in [2.05, 4.69) is 0 Å². The van der Waals surface area contributed by atoms with Gasteiger partial charge in [-0.15, -0.1) is 0 Å². The highest BCUT2D eigenvalue weighted by atomic mass is 19.4. The zero-order chi connectivity index (χ0) is 16.5. The molecule has 21 heavy (non-hydrogen) atoms. The molecule has 1 aliphatic rings. The van der Waals surface area contributed by atoms with Crippen LogP contribution in [0, 0.1) is 5.41 Å². The van der Waals surface area contributed by atoms with Gasteiger partial charge >= 0.3 is 12.1 Å². The predicted molar refractivity (Wildman–Crippen MR) is 70.7 cm³/mol. The van der Waals surface area contributed by atoms with E-state index in [1.165, 1.54) is 7.05 Å². The van der Waals surface area contributed by atoms with Crippen molar-refractivity contribution in [2.75, 3.05) is 7.05 Å². The van der Waals surface area contributed by atoms with E-state index in [0.29, 0.717) is 12.8 Å². The second kappa shape index (κ2) is 5.85. The van der Waals surface area contributed by atoms with Crippen molar-refractivity contribution in [3.8, 4) is 0 Å². The van der Waals surface area contributed by atoms with Crippen LogP contribution in [0.15, 0.2) is 0 Å². The molecule has 0 aromatic carbocycles. The van der Waals surface area contributed by atoms with Crippen LogP contribution < -0.4 is 0 Å². The number of alkyl halides is 3. The molecule has 0 saturated heterocycles. The second-order valence-electron chi connectivity index (χ2n) is 6.41. The van der Waals surface area contributed by atoms with Gasteiger partial charge in [-0.05, 0) is 12.8 Å². The van der Waals surface area contributed by atoms with Crippen LogP contribution >= 0.6 is 0 Å². The van der Waals surface area contributed by atoms with Crippen molar-refractivity contribution < 1.29 is 27.9 Å². The third kappa shape index (κ3) is 3.49. The Hall–Kier alpha value is -1.27. The molecule has 1 fully saturated rings. The molecule has 0 unspecified atom stereocenters. The Morgan fingerprint density at radius 2 is 1.62 bits per heavy atom. The largest absolute Gasteiger partial charge is 0.479 e. The lowest BCUT2D eigenvalue weighted by Gasteiger charge is -2.42. The van der Waals surface area contributed by atoms with Crippen molar-refractivity contribution in [1.82, 2.24) is 4.90 Å². The van der Waals surface area contributed by atoms with Gasteiger partial charge < -0.3 is 10.0 Å². The smallest absolute Gasteiger partial charge is 0.394 e. The molecule has 0 heterocycles. The Morgan fingerprint density at radius 1 is 1.14 bits per heavy atom. The predicted octanol–water partition coefficient (Wildman–Crippen LogP) is 3.21. The Kier molecular flexibility index (Phi) is 4.95. The summed E-state index contributed by atoms with van der Waals surface area (Å²) in [4.78, 5) is 24.8. The molecule has 0 radical (unpaired) electrons. The molecule has 0 aliphatic heterocycles. The number of carbonyl (C=O) groups excluding carboxylic acids is 1. The first kappa shape index (κ1) is 17.8. The summed E-state index contributed by atoms with van der Waals surface area (Å²) in [6, 6.07) is 0. The molecule has 0 spiro atoms. The lowest BCUT2D eigenvalue weighted by molar-refractivity contribution is -0.216. The fourth-order valence-electron chi connectivity index (χ4n) is 2.66. The van der Waals surface area contributed by atoms with Gasteiger partial charge in [0.1, 0.15) is 5.54 Å². The molecule has 122 valence electrons. The van der Waals surface area contributed by atoms with E-state index < -0.39 is 35.4 Å². The maximum atomic E-state index is 12.9. The van der Waals surface area contributed by atoms with Crippen LogP contribution in [0.1, 0.15) is 52.4 Å². The van der Waals surface area contributed by atoms with Crippen LogP contribution in [0.3, 0.4) is 0 Å². The summed E-state index contributed by atoms with van der Waals surface area (Å²) >= 11 is 0. The van der Waals surface area contributed by atoms with Crippen LogP contribution in [0.25, 0.3) is 0 Å². The summed E-state index contributed by atoms with van der Waals surface area (Å²) in [5, 5.41) is 9.45. The van der Waals surface area contributed by atoms with Gasteiger partial charge in [-0.2, -0.15) is 13.2 Å². The minimum atomic E-state index is -4.51. The van der Waals surface area contributed by atoms with E-state index in [1.54, 1.807) is 0 Å². The monoisotopic (exact) mass is 309 g/mol. The highest BCUT2D eigenvalue weighted by Crippen LogP contribution is 2.42. The van der Waals surface area contributed by atoms with Gasteiger partial charge in [0.25, 0.3) is 0 Å². The number of carbonyl (C=O) groups is 2. The average molecular weight is 309 g/mol. The number of aliphatic carboxylic acids is 1. The molecule has 0 atom stereocenters. The minimum Gasteiger partial charge on any atom is -0.479 e. The molecule has 0 aromatic rings. The topological polar surface area (TPSA) is 57.6 Å². The molecular formula is C14H22F3NO3. The summed E-state index contributed by atoms with van der Waals surface area (Å²) in [6.45, 7) is 1.90. The Labute approximate surface area is 122 Å². The number of nitrogens with zero attached hydrogens (tertiary/aromatic N) is 1. The number of likely N-dealkylation sites (N-methyl/N-ethyl adjacent to an activating group) is 1. The maximum absolute atomic E-state index is 12.9. The normalized spacial score (nSPS) is 19.1. The van der Waals surface area contributed by atoms with Crippen molar-refractivity contribution in [1.29, 1.82) is 0 Å². The highest BCUT2D eigenvalue weighted by Gasteiger charge is 2.51. The fourth-order valence-corrected chi connectivity index (χ4v) is 2.66. The third-order valence-electron chi connectivity index (χ3n) is 4.46. The third-order valence-corrected chi connectivity index (χ3v) is 4.46. The average Bonchev–Trinajstić information content (AvgIpc) is 2.36. The van der Waals surface area contributed by atoms with Crippen LogP contribution in [0.2, 0.25) is 0 Å². The fraction of sp³-hybridized carbons (Fsp3) is 0.857. The Balaban J connectivity index is 2.93. The van der Waals surface area contributed by atoms with E-state index in [9.17, 15) is 27.9 Å². The zero-order valence-corrected chi connectivity index (χ0v) is 12.6. The quantitative estimate of drug-likeness (QED) is 0.867. The number of rotatable bonds is 4. The lowest BCUT2D eigenvalue weighted by atomic mass is 9.79. The van der Waals surface area contributed by atoms with Crippen LogP contribution in [0.4, 0.5) is 13.2 Å². The molecule has 4 nitrogen and oxygen atoms in total. The molecule has 1 amide bonds. The van der Waals surface area contributed by atoms with E-state index in [-0.39, 0.29) is 12.8 Å². The number of hydrogen-bond acceptors (Lipinski definition) is 2. The van der Waals surface area contributed by atoms with E-state index in [0.717, 1.165) is 25.2 Å². The standard InChI is InChI=1S/C14H22F3NO3/c1-12(2,14(15,16)17)9-10(19)18(3)13(11(20)21)7-5-4-6-8-13/h4-9H2,1-3H3,(H,20,21). The number of carboxylic acids is 1. The molecule has 1 N–H and O–H groups in total.